The lowest BCUT2D eigenvalue weighted by Crippen LogP contribution is -2.14. The molecule has 140 valence electrons. The Bertz CT molecular complexity index is 974. The van der Waals surface area contributed by atoms with E-state index in [1.807, 2.05) is 54.9 Å². The van der Waals surface area contributed by atoms with Gasteiger partial charge in [0.2, 0.25) is 5.91 Å². The molecule has 1 amide bonds. The Morgan fingerprint density at radius 1 is 1.26 bits per heavy atom. The zero-order chi connectivity index (χ0) is 19.4. The van der Waals surface area contributed by atoms with E-state index in [1.54, 1.807) is 13.2 Å². The van der Waals surface area contributed by atoms with Crippen molar-refractivity contribution in [1.82, 2.24) is 14.8 Å². The van der Waals surface area contributed by atoms with Crippen LogP contribution in [0.1, 0.15) is 5.56 Å². The van der Waals surface area contributed by atoms with Gasteiger partial charge in [0.25, 0.3) is 0 Å². The number of anilines is 1. The summed E-state index contributed by atoms with van der Waals surface area (Å²) in [4.78, 5) is 12.2. The molecule has 0 saturated heterocycles. The number of rotatable bonds is 6. The van der Waals surface area contributed by atoms with Crippen molar-refractivity contribution in [3.8, 4) is 17.1 Å². The number of carbonyl (C=O) groups is 1. The lowest BCUT2D eigenvalue weighted by molar-refractivity contribution is -0.113. The largest absolute Gasteiger partial charge is 0.496 e. The fraction of sp³-hybridized carbons (Fsp3) is 0.211. The standard InChI is InChI=1S/C19H19ClN4O2S/c1-12-8-9-13(10-15(12)20)21-17(25)11-27-19-23-22-18(24(19)2)14-6-4-5-7-16(14)26-3/h4-10H,11H2,1-3H3,(H,21,25). The number of aryl methyl sites for hydroxylation is 1. The maximum atomic E-state index is 12.2. The Balaban J connectivity index is 1.67. The lowest BCUT2D eigenvalue weighted by Gasteiger charge is -2.08. The van der Waals surface area contributed by atoms with Crippen LogP contribution >= 0.6 is 23.4 Å². The second kappa shape index (κ2) is 8.45. The molecule has 0 aliphatic carbocycles. The number of methoxy groups -OCH3 is 1. The van der Waals surface area contributed by atoms with Gasteiger partial charge in [0.05, 0.1) is 18.4 Å². The maximum absolute atomic E-state index is 12.2. The van der Waals surface area contributed by atoms with Crippen LogP contribution in [0.15, 0.2) is 47.6 Å². The van der Waals surface area contributed by atoms with Crippen LogP contribution in [0.5, 0.6) is 5.75 Å². The molecule has 1 aromatic heterocycles. The summed E-state index contributed by atoms with van der Waals surface area (Å²) in [5.41, 5.74) is 2.48. The molecule has 1 N–H and O–H groups in total. The molecule has 0 fully saturated rings. The molecule has 0 radical (unpaired) electrons. The van der Waals surface area contributed by atoms with Gasteiger partial charge in [-0.3, -0.25) is 4.79 Å². The molecule has 0 unspecified atom stereocenters. The minimum atomic E-state index is -0.137. The number of para-hydroxylation sites is 1. The third-order valence-electron chi connectivity index (χ3n) is 3.97. The van der Waals surface area contributed by atoms with Gasteiger partial charge in [-0.25, -0.2) is 0 Å². The predicted octanol–water partition coefficient (Wildman–Crippen LogP) is 4.18. The summed E-state index contributed by atoms with van der Waals surface area (Å²) in [6.07, 6.45) is 0. The second-order valence-corrected chi connectivity index (χ2v) is 7.22. The van der Waals surface area contributed by atoms with Crippen LogP contribution in [0, 0.1) is 6.92 Å². The highest BCUT2D eigenvalue weighted by Gasteiger charge is 2.16. The highest BCUT2D eigenvalue weighted by Crippen LogP contribution is 2.30. The molecule has 6 nitrogen and oxygen atoms in total. The highest BCUT2D eigenvalue weighted by atomic mass is 35.5. The molecule has 0 atom stereocenters. The fourth-order valence-electron chi connectivity index (χ4n) is 2.50. The van der Waals surface area contributed by atoms with Crippen LogP contribution < -0.4 is 10.1 Å². The Morgan fingerprint density at radius 2 is 2.04 bits per heavy atom. The summed E-state index contributed by atoms with van der Waals surface area (Å²) in [5.74, 6) is 1.48. The highest BCUT2D eigenvalue weighted by molar-refractivity contribution is 7.99. The molecule has 2 aromatic carbocycles. The number of thioether (sulfide) groups is 1. The third-order valence-corrected chi connectivity index (χ3v) is 5.40. The van der Waals surface area contributed by atoms with Gasteiger partial charge in [-0.15, -0.1) is 10.2 Å². The number of aromatic nitrogens is 3. The number of ether oxygens (including phenoxy) is 1. The average molecular weight is 403 g/mol. The normalized spacial score (nSPS) is 10.7. The smallest absolute Gasteiger partial charge is 0.234 e. The number of nitrogens with one attached hydrogen (secondary N) is 1. The SMILES string of the molecule is COc1ccccc1-c1nnc(SCC(=O)Nc2ccc(C)c(Cl)c2)n1C. The van der Waals surface area contributed by atoms with E-state index in [1.165, 1.54) is 11.8 Å². The van der Waals surface area contributed by atoms with E-state index in [4.69, 9.17) is 16.3 Å². The van der Waals surface area contributed by atoms with Crippen LogP contribution in [0.2, 0.25) is 5.02 Å². The van der Waals surface area contributed by atoms with Gasteiger partial charge in [0.1, 0.15) is 5.75 Å². The van der Waals surface area contributed by atoms with Gasteiger partial charge < -0.3 is 14.6 Å². The molecule has 1 heterocycles. The van der Waals surface area contributed by atoms with Crippen LogP contribution in [0.3, 0.4) is 0 Å². The first kappa shape index (κ1) is 19.3. The Kier molecular flexibility index (Phi) is 6.03. The molecule has 0 aliphatic heterocycles. The van der Waals surface area contributed by atoms with Gasteiger partial charge in [0.15, 0.2) is 11.0 Å². The Morgan fingerprint density at radius 3 is 2.78 bits per heavy atom. The first-order valence-electron chi connectivity index (χ1n) is 8.21. The minimum Gasteiger partial charge on any atom is -0.496 e. The molecule has 0 saturated carbocycles. The quantitative estimate of drug-likeness (QED) is 0.626. The molecule has 8 heteroatoms. The van der Waals surface area contributed by atoms with Crippen molar-refractivity contribution in [2.45, 2.75) is 12.1 Å². The molecular formula is C19H19ClN4O2S. The number of hydrogen-bond acceptors (Lipinski definition) is 5. The molecule has 3 rings (SSSR count). The van der Waals surface area contributed by atoms with E-state index in [0.717, 1.165) is 16.9 Å². The van der Waals surface area contributed by atoms with Crippen molar-refractivity contribution in [1.29, 1.82) is 0 Å². The molecule has 3 aromatic rings. The number of amides is 1. The van der Waals surface area contributed by atoms with Crippen molar-refractivity contribution in [3.05, 3.63) is 53.1 Å². The summed E-state index contributed by atoms with van der Waals surface area (Å²) >= 11 is 7.40. The van der Waals surface area contributed by atoms with Crippen molar-refractivity contribution in [3.63, 3.8) is 0 Å². The van der Waals surface area contributed by atoms with E-state index in [0.29, 0.717) is 21.7 Å². The number of benzene rings is 2. The van der Waals surface area contributed by atoms with E-state index >= 15 is 0 Å². The van der Waals surface area contributed by atoms with Gasteiger partial charge in [-0.05, 0) is 36.8 Å². The van der Waals surface area contributed by atoms with E-state index in [2.05, 4.69) is 15.5 Å². The zero-order valence-corrected chi connectivity index (χ0v) is 16.8. The number of carbonyl (C=O) groups excluding carboxylic acids is 1. The number of nitrogens with zero attached hydrogens (tertiary/aromatic N) is 3. The predicted molar refractivity (Wildman–Crippen MR) is 109 cm³/mol. The number of halogens is 1. The van der Waals surface area contributed by atoms with Crippen LogP contribution in [0.25, 0.3) is 11.4 Å². The van der Waals surface area contributed by atoms with Crippen LogP contribution in [-0.4, -0.2) is 33.5 Å². The van der Waals surface area contributed by atoms with Crippen LogP contribution in [0.4, 0.5) is 5.69 Å². The summed E-state index contributed by atoms with van der Waals surface area (Å²) in [6.45, 7) is 1.91. The third kappa shape index (κ3) is 4.43. The summed E-state index contributed by atoms with van der Waals surface area (Å²) in [5, 5.41) is 12.5. The first-order valence-corrected chi connectivity index (χ1v) is 9.57. The van der Waals surface area contributed by atoms with Crippen molar-refractivity contribution in [2.75, 3.05) is 18.2 Å². The average Bonchev–Trinajstić information content (AvgIpc) is 3.03. The Hall–Kier alpha value is -2.51. The molecule has 0 aliphatic rings. The molecule has 0 spiro atoms. The van der Waals surface area contributed by atoms with E-state index in [-0.39, 0.29) is 11.7 Å². The van der Waals surface area contributed by atoms with E-state index < -0.39 is 0 Å². The monoisotopic (exact) mass is 402 g/mol. The van der Waals surface area contributed by atoms with Gasteiger partial charge in [-0.1, -0.05) is 41.6 Å². The summed E-state index contributed by atoms with van der Waals surface area (Å²) in [6, 6.07) is 13.0. The minimum absolute atomic E-state index is 0.137. The molecule has 27 heavy (non-hydrogen) atoms. The van der Waals surface area contributed by atoms with Gasteiger partial charge in [-0.2, -0.15) is 0 Å². The second-order valence-electron chi connectivity index (χ2n) is 5.87. The first-order chi connectivity index (χ1) is 13.0. The lowest BCUT2D eigenvalue weighted by atomic mass is 10.2. The summed E-state index contributed by atoms with van der Waals surface area (Å²) in [7, 11) is 3.48. The van der Waals surface area contributed by atoms with Gasteiger partial charge >= 0.3 is 0 Å². The van der Waals surface area contributed by atoms with Crippen LogP contribution in [-0.2, 0) is 11.8 Å². The van der Waals surface area contributed by atoms with Gasteiger partial charge in [0, 0.05) is 17.8 Å². The Labute approximate surface area is 166 Å². The molecule has 0 bridgehead atoms. The van der Waals surface area contributed by atoms with Crippen molar-refractivity contribution < 1.29 is 9.53 Å². The number of hydrogen-bond donors (Lipinski definition) is 1. The van der Waals surface area contributed by atoms with E-state index in [9.17, 15) is 4.79 Å². The fourth-order valence-corrected chi connectivity index (χ4v) is 3.39. The summed E-state index contributed by atoms with van der Waals surface area (Å²) < 4.78 is 7.23. The van der Waals surface area contributed by atoms with Crippen molar-refractivity contribution in [2.24, 2.45) is 7.05 Å². The topological polar surface area (TPSA) is 69.0 Å². The molecular weight excluding hydrogens is 384 g/mol. The zero-order valence-electron chi connectivity index (χ0n) is 15.2. The maximum Gasteiger partial charge on any atom is 0.234 e. The van der Waals surface area contributed by atoms with Crippen molar-refractivity contribution >= 4 is 35.0 Å².